The van der Waals surface area contributed by atoms with Crippen LogP contribution in [0.4, 0.5) is 0 Å². The van der Waals surface area contributed by atoms with Gasteiger partial charge in [-0.15, -0.1) is 0 Å². The number of hydrogen-bond donors (Lipinski definition) is 3. The number of nitrogens with one attached hydrogen (secondary N) is 2. The lowest BCUT2D eigenvalue weighted by molar-refractivity contribution is -0.144. The molecule has 4 aromatic carbocycles. The van der Waals surface area contributed by atoms with Crippen LogP contribution in [-0.4, -0.2) is 33.8 Å². The first-order valence-corrected chi connectivity index (χ1v) is 12.2. The van der Waals surface area contributed by atoms with Crippen molar-refractivity contribution in [2.75, 3.05) is 6.54 Å². The smallest absolute Gasteiger partial charge is 0.307 e. The number of amidine groups is 1. The molecule has 5 aromatic rings. The van der Waals surface area contributed by atoms with Crippen LogP contribution in [0.25, 0.3) is 33.2 Å². The number of rotatable bonds is 8. The molecule has 4 N–H and O–H groups in total. The molecule has 0 aliphatic heterocycles. The van der Waals surface area contributed by atoms with Gasteiger partial charge < -0.3 is 20.4 Å². The third kappa shape index (κ3) is 5.10. The number of esters is 1. The van der Waals surface area contributed by atoms with Gasteiger partial charge in [0.25, 0.3) is 5.91 Å². The third-order valence-corrected chi connectivity index (χ3v) is 6.48. The molecule has 1 heterocycles. The lowest BCUT2D eigenvalue weighted by Crippen LogP contribution is -2.26. The minimum atomic E-state index is -0.376. The summed E-state index contributed by atoms with van der Waals surface area (Å²) in [6.45, 7) is 0.353. The monoisotopic (exact) mass is 505 g/mol. The molecule has 8 nitrogen and oxygen atoms in total. The van der Waals surface area contributed by atoms with Gasteiger partial charge in [0, 0.05) is 30.3 Å². The number of imidazole rings is 1. The van der Waals surface area contributed by atoms with Crippen molar-refractivity contribution in [3.8, 4) is 11.4 Å². The zero-order valence-electron chi connectivity index (χ0n) is 20.9. The lowest BCUT2D eigenvalue weighted by atomic mass is 10.1. The number of fused-ring (bicyclic) bond motifs is 2. The molecule has 0 radical (unpaired) electrons. The van der Waals surface area contributed by atoms with Gasteiger partial charge in [-0.3, -0.25) is 15.0 Å². The Balaban J connectivity index is 1.19. The van der Waals surface area contributed by atoms with E-state index in [0.29, 0.717) is 16.6 Å². The van der Waals surface area contributed by atoms with Crippen molar-refractivity contribution in [1.82, 2.24) is 14.9 Å². The number of carbonyl (C=O) groups excluding carboxylic acids is 2. The van der Waals surface area contributed by atoms with Crippen LogP contribution in [0.15, 0.2) is 84.9 Å². The molecule has 0 fully saturated rings. The molecule has 0 spiro atoms. The SMILES string of the molecule is Cn1c(-c2ccc(C(=N)N)cc2)nc2cc(C(=O)NCCC(=O)OCc3cccc4ccccc34)ccc21. The number of hydrogen-bond acceptors (Lipinski definition) is 5. The Bertz CT molecular complexity index is 1670. The minimum absolute atomic E-state index is 0.00952. The molecule has 1 aromatic heterocycles. The Morgan fingerprint density at radius 3 is 2.50 bits per heavy atom. The highest BCUT2D eigenvalue weighted by Gasteiger charge is 2.14. The van der Waals surface area contributed by atoms with Gasteiger partial charge in [-0.2, -0.15) is 0 Å². The second-order valence-electron chi connectivity index (χ2n) is 8.99. The highest BCUT2D eigenvalue weighted by Crippen LogP contribution is 2.25. The molecule has 0 saturated carbocycles. The Morgan fingerprint density at radius 1 is 0.974 bits per heavy atom. The van der Waals surface area contributed by atoms with Crippen LogP contribution in [0.2, 0.25) is 0 Å². The molecule has 0 unspecified atom stereocenters. The van der Waals surface area contributed by atoms with Gasteiger partial charge in [-0.1, -0.05) is 66.7 Å². The van der Waals surface area contributed by atoms with Crippen molar-refractivity contribution in [2.24, 2.45) is 12.8 Å². The van der Waals surface area contributed by atoms with Crippen molar-refractivity contribution in [1.29, 1.82) is 5.41 Å². The number of carbonyl (C=O) groups is 2. The van der Waals surface area contributed by atoms with Crippen molar-refractivity contribution in [2.45, 2.75) is 13.0 Å². The van der Waals surface area contributed by atoms with Crippen LogP contribution in [0.1, 0.15) is 27.9 Å². The fourth-order valence-corrected chi connectivity index (χ4v) is 4.43. The van der Waals surface area contributed by atoms with Gasteiger partial charge in [-0.05, 0) is 34.5 Å². The maximum atomic E-state index is 12.7. The van der Waals surface area contributed by atoms with E-state index in [0.717, 1.165) is 33.2 Å². The van der Waals surface area contributed by atoms with Crippen LogP contribution in [0.3, 0.4) is 0 Å². The van der Waals surface area contributed by atoms with Crippen LogP contribution < -0.4 is 11.1 Å². The minimum Gasteiger partial charge on any atom is -0.461 e. The predicted molar refractivity (Wildman–Crippen MR) is 148 cm³/mol. The quantitative estimate of drug-likeness (QED) is 0.162. The largest absolute Gasteiger partial charge is 0.461 e. The molecule has 0 aliphatic rings. The zero-order valence-corrected chi connectivity index (χ0v) is 20.9. The highest BCUT2D eigenvalue weighted by molar-refractivity contribution is 5.98. The maximum Gasteiger partial charge on any atom is 0.307 e. The number of amides is 1. The van der Waals surface area contributed by atoms with Gasteiger partial charge in [0.2, 0.25) is 0 Å². The van der Waals surface area contributed by atoms with E-state index in [1.54, 1.807) is 24.3 Å². The predicted octanol–water partition coefficient (Wildman–Crippen LogP) is 4.54. The molecule has 5 rings (SSSR count). The topological polar surface area (TPSA) is 123 Å². The summed E-state index contributed by atoms with van der Waals surface area (Å²) < 4.78 is 7.39. The van der Waals surface area contributed by atoms with Crippen molar-refractivity contribution in [3.05, 3.63) is 102 Å². The zero-order chi connectivity index (χ0) is 26.6. The number of aryl methyl sites for hydroxylation is 1. The van der Waals surface area contributed by atoms with Gasteiger partial charge in [0.15, 0.2) is 0 Å². The van der Waals surface area contributed by atoms with Crippen molar-refractivity contribution >= 4 is 39.5 Å². The summed E-state index contributed by atoms with van der Waals surface area (Å²) >= 11 is 0. The number of benzene rings is 4. The van der Waals surface area contributed by atoms with Gasteiger partial charge in [0.05, 0.1) is 17.5 Å². The van der Waals surface area contributed by atoms with Crippen LogP contribution in [0.5, 0.6) is 0 Å². The van der Waals surface area contributed by atoms with E-state index >= 15 is 0 Å². The van der Waals surface area contributed by atoms with Crippen molar-refractivity contribution < 1.29 is 14.3 Å². The standard InChI is InChI=1S/C30H27N5O3/c1-35-26-14-13-22(17-25(26)34-29(35)21-11-9-20(10-12-21)28(31)32)30(37)33-16-15-27(36)38-18-23-7-4-6-19-5-2-3-8-24(19)23/h2-14,17H,15-16,18H2,1H3,(H3,31,32)(H,33,37). The van der Waals surface area contributed by atoms with Crippen LogP contribution >= 0.6 is 0 Å². The molecule has 8 heteroatoms. The fraction of sp³-hybridized carbons (Fsp3) is 0.133. The number of ether oxygens (including phenoxy) is 1. The molecular weight excluding hydrogens is 478 g/mol. The highest BCUT2D eigenvalue weighted by atomic mass is 16.5. The first kappa shape index (κ1) is 24.7. The molecular formula is C30H27N5O3. The second kappa shape index (κ2) is 10.6. The maximum absolute atomic E-state index is 12.7. The molecule has 190 valence electrons. The van der Waals surface area contributed by atoms with Crippen molar-refractivity contribution in [3.63, 3.8) is 0 Å². The fourth-order valence-electron chi connectivity index (χ4n) is 4.43. The van der Waals surface area contributed by atoms with Gasteiger partial charge in [0.1, 0.15) is 18.3 Å². The summed E-state index contributed by atoms with van der Waals surface area (Å²) in [6.07, 6.45) is 0.0722. The van der Waals surface area contributed by atoms with E-state index in [-0.39, 0.29) is 37.3 Å². The molecule has 0 bridgehead atoms. The van der Waals surface area contributed by atoms with Gasteiger partial charge >= 0.3 is 5.97 Å². The molecule has 38 heavy (non-hydrogen) atoms. The van der Waals surface area contributed by atoms with E-state index in [1.165, 1.54) is 0 Å². The average molecular weight is 506 g/mol. The Labute approximate surface area is 219 Å². The Hall–Kier alpha value is -4.98. The van der Waals surface area contributed by atoms with E-state index in [4.69, 9.17) is 20.9 Å². The number of nitrogen functional groups attached to an aromatic ring is 1. The Morgan fingerprint density at radius 2 is 1.71 bits per heavy atom. The number of aromatic nitrogens is 2. The Kier molecular flexibility index (Phi) is 6.86. The van der Waals surface area contributed by atoms with Crippen LogP contribution in [0, 0.1) is 5.41 Å². The number of nitrogens with zero attached hydrogens (tertiary/aromatic N) is 2. The summed E-state index contributed by atoms with van der Waals surface area (Å²) in [5, 5.41) is 12.5. The molecule has 0 saturated heterocycles. The summed E-state index contributed by atoms with van der Waals surface area (Å²) in [5.41, 5.74) is 10.0. The number of nitrogens with two attached hydrogens (primary N) is 1. The summed E-state index contributed by atoms with van der Waals surface area (Å²) in [6, 6.07) is 26.5. The summed E-state index contributed by atoms with van der Waals surface area (Å²) in [4.78, 5) is 29.7. The molecule has 0 atom stereocenters. The summed E-state index contributed by atoms with van der Waals surface area (Å²) in [5.74, 6) is 0.0856. The summed E-state index contributed by atoms with van der Waals surface area (Å²) in [7, 11) is 1.91. The third-order valence-electron chi connectivity index (χ3n) is 6.48. The molecule has 0 aliphatic carbocycles. The normalized spacial score (nSPS) is 11.0. The average Bonchev–Trinajstić information content (AvgIpc) is 3.27. The van der Waals surface area contributed by atoms with E-state index in [1.807, 2.05) is 72.3 Å². The first-order valence-electron chi connectivity index (χ1n) is 12.2. The second-order valence-corrected chi connectivity index (χ2v) is 8.99. The van der Waals surface area contributed by atoms with E-state index < -0.39 is 0 Å². The van der Waals surface area contributed by atoms with Gasteiger partial charge in [-0.25, -0.2) is 4.98 Å². The van der Waals surface area contributed by atoms with E-state index in [9.17, 15) is 9.59 Å². The first-order chi connectivity index (χ1) is 18.4. The van der Waals surface area contributed by atoms with Crippen LogP contribution in [-0.2, 0) is 23.2 Å². The molecule has 1 amide bonds. The van der Waals surface area contributed by atoms with E-state index in [2.05, 4.69) is 5.32 Å². The lowest BCUT2D eigenvalue weighted by Gasteiger charge is -2.09.